The molecule has 0 radical (unpaired) electrons. The Kier molecular flexibility index (Phi) is 3.54. The van der Waals surface area contributed by atoms with Gasteiger partial charge in [0.2, 0.25) is 5.82 Å². The first-order valence-electron chi connectivity index (χ1n) is 4.17. The Morgan fingerprint density at radius 3 is 1.28 bits per heavy atom. The van der Waals surface area contributed by atoms with Gasteiger partial charge >= 0.3 is 11.9 Å². The quantitative estimate of drug-likeness (QED) is 0.379. The van der Waals surface area contributed by atoms with Crippen LogP contribution in [0.4, 0.5) is 22.0 Å². The smallest absolute Gasteiger partial charge is 0.322 e. The van der Waals surface area contributed by atoms with Gasteiger partial charge in [-0.1, -0.05) is 0 Å². The van der Waals surface area contributed by atoms with Gasteiger partial charge in [-0.2, -0.15) is 0 Å². The van der Waals surface area contributed by atoms with Gasteiger partial charge in [-0.3, -0.25) is 9.59 Å². The van der Waals surface area contributed by atoms with Gasteiger partial charge in [-0.25, -0.2) is 22.0 Å². The minimum absolute atomic E-state index is 1.91. The summed E-state index contributed by atoms with van der Waals surface area (Å²) < 4.78 is 64.4. The normalized spacial score (nSPS) is 10.8. The summed E-state index contributed by atoms with van der Waals surface area (Å²) in [4.78, 5) is 21.0. The summed E-state index contributed by atoms with van der Waals surface area (Å²) in [5.41, 5.74) is -1.91. The van der Waals surface area contributed by atoms with E-state index in [0.29, 0.717) is 0 Å². The van der Waals surface area contributed by atoms with Gasteiger partial charge in [0.15, 0.2) is 29.2 Å². The zero-order chi connectivity index (χ0) is 14.2. The number of carbonyl (C=O) groups is 2. The van der Waals surface area contributed by atoms with Crippen LogP contribution in [0, 0.1) is 29.1 Å². The molecule has 18 heavy (non-hydrogen) atoms. The SMILES string of the molecule is O=C(O)C(C(=O)O)c1c(F)c(F)c(F)c(F)c1F. The third-order valence-electron chi connectivity index (χ3n) is 2.03. The molecule has 0 aliphatic heterocycles. The molecule has 1 aromatic rings. The Morgan fingerprint density at radius 2 is 1.00 bits per heavy atom. The summed E-state index contributed by atoms with van der Waals surface area (Å²) in [6.07, 6.45) is 0. The largest absolute Gasteiger partial charge is 0.480 e. The van der Waals surface area contributed by atoms with Crippen molar-refractivity contribution in [3.05, 3.63) is 34.6 Å². The Morgan fingerprint density at radius 1 is 0.722 bits per heavy atom. The second-order valence-electron chi connectivity index (χ2n) is 3.09. The van der Waals surface area contributed by atoms with Crippen molar-refractivity contribution in [2.75, 3.05) is 0 Å². The fraction of sp³-hybridized carbons (Fsp3) is 0.111. The third kappa shape index (κ3) is 1.98. The lowest BCUT2D eigenvalue weighted by Gasteiger charge is -2.11. The summed E-state index contributed by atoms with van der Waals surface area (Å²) in [6.45, 7) is 0. The number of halogens is 5. The molecule has 0 atom stereocenters. The second kappa shape index (κ2) is 4.59. The van der Waals surface area contributed by atoms with E-state index in [-0.39, 0.29) is 0 Å². The maximum atomic E-state index is 13.1. The van der Waals surface area contributed by atoms with Crippen LogP contribution in [-0.4, -0.2) is 22.2 Å². The van der Waals surface area contributed by atoms with Crippen LogP contribution in [0.5, 0.6) is 0 Å². The fourth-order valence-corrected chi connectivity index (χ4v) is 1.23. The van der Waals surface area contributed by atoms with Gasteiger partial charge in [0.25, 0.3) is 0 Å². The summed E-state index contributed by atoms with van der Waals surface area (Å²) in [6, 6.07) is 0. The summed E-state index contributed by atoms with van der Waals surface area (Å²) in [5, 5.41) is 16.9. The van der Waals surface area contributed by atoms with Crippen LogP contribution in [0.15, 0.2) is 0 Å². The molecular weight excluding hydrogens is 267 g/mol. The Bertz CT molecular complexity index is 499. The first kappa shape index (κ1) is 13.9. The molecule has 98 valence electrons. The lowest BCUT2D eigenvalue weighted by Crippen LogP contribution is -2.25. The average molecular weight is 270 g/mol. The molecule has 4 nitrogen and oxygen atoms in total. The van der Waals surface area contributed by atoms with Gasteiger partial charge in [0.1, 0.15) is 0 Å². The molecule has 0 amide bonds. The lowest BCUT2D eigenvalue weighted by atomic mass is 9.97. The number of aliphatic carboxylic acids is 2. The lowest BCUT2D eigenvalue weighted by molar-refractivity contribution is -0.150. The molecule has 0 aliphatic carbocycles. The first-order valence-corrected chi connectivity index (χ1v) is 4.17. The third-order valence-corrected chi connectivity index (χ3v) is 2.03. The Balaban J connectivity index is 3.69. The highest BCUT2D eigenvalue weighted by molar-refractivity contribution is 5.99. The zero-order valence-electron chi connectivity index (χ0n) is 8.18. The first-order chi connectivity index (χ1) is 8.20. The summed E-state index contributed by atoms with van der Waals surface area (Å²) in [5.74, 6) is -19.7. The molecule has 0 fully saturated rings. The molecule has 0 unspecified atom stereocenters. The van der Waals surface area contributed by atoms with E-state index in [9.17, 15) is 31.5 Å². The van der Waals surface area contributed by atoms with Gasteiger partial charge in [0.05, 0.1) is 5.56 Å². The number of rotatable bonds is 3. The van der Waals surface area contributed by atoms with Crippen molar-refractivity contribution in [3.8, 4) is 0 Å². The molecule has 0 saturated heterocycles. The monoisotopic (exact) mass is 270 g/mol. The van der Waals surface area contributed by atoms with E-state index in [0.717, 1.165) is 0 Å². The van der Waals surface area contributed by atoms with E-state index in [2.05, 4.69) is 0 Å². The van der Waals surface area contributed by atoms with Crippen LogP contribution in [-0.2, 0) is 9.59 Å². The van der Waals surface area contributed by atoms with Gasteiger partial charge in [-0.15, -0.1) is 0 Å². The van der Waals surface area contributed by atoms with Crippen molar-refractivity contribution < 1.29 is 41.8 Å². The average Bonchev–Trinajstić information content (AvgIpc) is 2.28. The maximum absolute atomic E-state index is 13.1. The zero-order valence-corrected chi connectivity index (χ0v) is 8.18. The molecule has 0 bridgehead atoms. The molecular formula is C9H3F5O4. The van der Waals surface area contributed by atoms with E-state index < -0.39 is 52.5 Å². The maximum Gasteiger partial charge on any atom is 0.322 e. The molecule has 0 aromatic heterocycles. The van der Waals surface area contributed by atoms with E-state index in [1.165, 1.54) is 0 Å². The number of hydrogen-bond acceptors (Lipinski definition) is 2. The standard InChI is InChI=1S/C9H3F5O4/c10-3-1(2(8(15)16)9(17)18)4(11)6(13)7(14)5(3)12/h2H,(H,15,16)(H,17,18). The molecule has 0 heterocycles. The Labute approximate surface area is 95.3 Å². The Hall–Kier alpha value is -2.19. The predicted molar refractivity (Wildman–Crippen MR) is 44.2 cm³/mol. The number of hydrogen-bond donors (Lipinski definition) is 2. The van der Waals surface area contributed by atoms with Crippen molar-refractivity contribution in [1.29, 1.82) is 0 Å². The van der Waals surface area contributed by atoms with E-state index >= 15 is 0 Å². The summed E-state index contributed by atoms with van der Waals surface area (Å²) in [7, 11) is 0. The molecule has 9 heteroatoms. The number of carboxylic acids is 2. The highest BCUT2D eigenvalue weighted by Gasteiger charge is 2.38. The van der Waals surface area contributed by atoms with E-state index in [4.69, 9.17) is 10.2 Å². The van der Waals surface area contributed by atoms with Gasteiger partial charge in [-0.05, 0) is 0 Å². The molecule has 0 aliphatic rings. The van der Waals surface area contributed by atoms with Crippen LogP contribution in [0.2, 0.25) is 0 Å². The highest BCUT2D eigenvalue weighted by atomic mass is 19.2. The highest BCUT2D eigenvalue weighted by Crippen LogP contribution is 2.29. The second-order valence-corrected chi connectivity index (χ2v) is 3.09. The molecule has 0 spiro atoms. The van der Waals surface area contributed by atoms with Crippen molar-refractivity contribution in [2.45, 2.75) is 5.92 Å². The van der Waals surface area contributed by atoms with Crippen molar-refractivity contribution in [2.24, 2.45) is 0 Å². The fourth-order valence-electron chi connectivity index (χ4n) is 1.23. The summed E-state index contributed by atoms with van der Waals surface area (Å²) >= 11 is 0. The number of carboxylic acid groups (broad SMARTS) is 2. The van der Waals surface area contributed by atoms with Crippen molar-refractivity contribution in [1.82, 2.24) is 0 Å². The van der Waals surface area contributed by atoms with Gasteiger partial charge < -0.3 is 10.2 Å². The van der Waals surface area contributed by atoms with E-state index in [1.807, 2.05) is 0 Å². The number of benzene rings is 1. The van der Waals surface area contributed by atoms with Crippen LogP contribution >= 0.6 is 0 Å². The molecule has 1 aromatic carbocycles. The van der Waals surface area contributed by atoms with E-state index in [1.54, 1.807) is 0 Å². The van der Waals surface area contributed by atoms with Crippen LogP contribution < -0.4 is 0 Å². The van der Waals surface area contributed by atoms with Crippen molar-refractivity contribution in [3.63, 3.8) is 0 Å². The molecule has 2 N–H and O–H groups in total. The molecule has 1 rings (SSSR count). The van der Waals surface area contributed by atoms with Crippen LogP contribution in [0.1, 0.15) is 11.5 Å². The van der Waals surface area contributed by atoms with Crippen molar-refractivity contribution >= 4 is 11.9 Å². The molecule has 0 saturated carbocycles. The van der Waals surface area contributed by atoms with Crippen LogP contribution in [0.3, 0.4) is 0 Å². The minimum Gasteiger partial charge on any atom is -0.480 e. The predicted octanol–water partition coefficient (Wildman–Crippen LogP) is 1.63. The minimum atomic E-state index is -2.89. The topological polar surface area (TPSA) is 74.6 Å². The van der Waals surface area contributed by atoms with Gasteiger partial charge in [0, 0.05) is 0 Å². The van der Waals surface area contributed by atoms with Crippen LogP contribution in [0.25, 0.3) is 0 Å².